The van der Waals surface area contributed by atoms with Gasteiger partial charge in [-0.15, -0.1) is 0 Å². The number of aromatic nitrogens is 2. The number of carbonyl (C=O) groups is 4. The van der Waals surface area contributed by atoms with E-state index in [0.717, 1.165) is 27.0 Å². The molecule has 4 aromatic rings. The van der Waals surface area contributed by atoms with Gasteiger partial charge in [0, 0.05) is 69.3 Å². The normalized spacial score (nSPS) is 15.2. The average Bonchev–Trinajstić information content (AvgIpc) is 3.47. The lowest BCUT2D eigenvalue weighted by atomic mass is 9.99. The molecule has 4 amide bonds. The van der Waals surface area contributed by atoms with Crippen molar-refractivity contribution in [1.29, 1.82) is 0 Å². The van der Waals surface area contributed by atoms with E-state index in [0.29, 0.717) is 87.2 Å². The predicted molar refractivity (Wildman–Crippen MR) is 217 cm³/mol. The lowest BCUT2D eigenvalue weighted by molar-refractivity contribution is -0.131. The van der Waals surface area contributed by atoms with Crippen LogP contribution in [0.5, 0.6) is 11.5 Å². The van der Waals surface area contributed by atoms with Crippen molar-refractivity contribution >= 4 is 40.1 Å². The summed E-state index contributed by atoms with van der Waals surface area (Å²) in [4.78, 5) is 73.5. The smallest absolute Gasteiger partial charge is 0.264 e. The summed E-state index contributed by atoms with van der Waals surface area (Å²) < 4.78 is 24.5. The molecular weight excluding hydrogens is 747 g/mol. The number of imide groups is 1. The lowest BCUT2D eigenvalue weighted by Gasteiger charge is -2.29. The van der Waals surface area contributed by atoms with Gasteiger partial charge < -0.3 is 39.0 Å². The van der Waals surface area contributed by atoms with Gasteiger partial charge in [0.25, 0.3) is 17.4 Å². The van der Waals surface area contributed by atoms with E-state index in [1.54, 1.807) is 70.0 Å². The maximum Gasteiger partial charge on any atom is 0.264 e. The molecule has 2 aromatic heterocycles. The van der Waals surface area contributed by atoms with Crippen molar-refractivity contribution in [3.8, 4) is 22.6 Å². The van der Waals surface area contributed by atoms with Gasteiger partial charge in [-0.3, -0.25) is 38.8 Å². The SMILES string of the molecule is C=C1CCC(N2C(=O)c3cccc(NCCOCCOCCN(C)C(=O)CN(C)Cc4c(OC)cc(-c5cn(C)c(=O)c6cnccc56)cc4OC)c3C2=O)C(=O)N1. The number of amides is 4. The van der Waals surface area contributed by atoms with Gasteiger partial charge in [-0.2, -0.15) is 0 Å². The van der Waals surface area contributed by atoms with E-state index in [4.69, 9.17) is 18.9 Å². The highest BCUT2D eigenvalue weighted by atomic mass is 16.5. The van der Waals surface area contributed by atoms with E-state index in [-0.39, 0.29) is 29.1 Å². The van der Waals surface area contributed by atoms with Gasteiger partial charge >= 0.3 is 0 Å². The van der Waals surface area contributed by atoms with E-state index in [1.807, 2.05) is 30.1 Å². The van der Waals surface area contributed by atoms with Crippen molar-refractivity contribution in [3.05, 3.63) is 94.3 Å². The maximum atomic E-state index is 13.3. The standard InChI is InChI=1S/C42H49N7O9/c1-26-10-11-34(39(51)45-26)49-41(53)29-8-7-9-33(38(29)42(49)54)44-14-16-57-18-19-58-17-15-47(3)37(50)25-46(2)23-32-35(55-5)20-27(21-36(32)56-6)31-24-48(4)40(52)30-22-43-13-12-28(30)31/h7-9,12-13,20-22,24,34,44H,1,10-11,14-19,23,25H2,2-6H3,(H,45,51). The molecule has 1 atom stereocenters. The summed E-state index contributed by atoms with van der Waals surface area (Å²) in [6.07, 6.45) is 5.84. The average molecular weight is 796 g/mol. The van der Waals surface area contributed by atoms with Crippen molar-refractivity contribution in [3.63, 3.8) is 0 Å². The van der Waals surface area contributed by atoms with Gasteiger partial charge in [-0.05, 0) is 61.2 Å². The van der Waals surface area contributed by atoms with Gasteiger partial charge in [-0.25, -0.2) is 0 Å². The van der Waals surface area contributed by atoms with E-state index < -0.39 is 23.8 Å². The number of hydrogen-bond acceptors (Lipinski definition) is 12. The van der Waals surface area contributed by atoms with Crippen LogP contribution < -0.4 is 25.7 Å². The fourth-order valence-corrected chi connectivity index (χ4v) is 7.16. The number of anilines is 1. The number of fused-ring (bicyclic) bond motifs is 2. The summed E-state index contributed by atoms with van der Waals surface area (Å²) in [6, 6.07) is 9.75. The molecule has 4 heterocycles. The first-order chi connectivity index (χ1) is 27.9. The molecule has 0 aliphatic carbocycles. The minimum Gasteiger partial charge on any atom is -0.496 e. The molecule has 306 valence electrons. The van der Waals surface area contributed by atoms with Crippen molar-refractivity contribution in [1.82, 2.24) is 29.6 Å². The molecule has 2 N–H and O–H groups in total. The number of benzene rings is 2. The minimum absolute atomic E-state index is 0.0862. The third-order valence-electron chi connectivity index (χ3n) is 10.2. The predicted octanol–water partition coefficient (Wildman–Crippen LogP) is 3.04. The Morgan fingerprint density at radius 2 is 1.69 bits per heavy atom. The molecule has 2 aliphatic rings. The highest BCUT2D eigenvalue weighted by Crippen LogP contribution is 2.38. The number of allylic oxidation sites excluding steroid dienone is 1. The minimum atomic E-state index is -0.876. The van der Waals surface area contributed by atoms with E-state index in [9.17, 15) is 24.0 Å². The molecule has 0 saturated carbocycles. The van der Waals surface area contributed by atoms with Crippen LogP contribution in [0.3, 0.4) is 0 Å². The zero-order valence-electron chi connectivity index (χ0n) is 33.5. The molecule has 16 nitrogen and oxygen atoms in total. The fourth-order valence-electron chi connectivity index (χ4n) is 7.16. The zero-order chi connectivity index (χ0) is 41.5. The Bertz CT molecular complexity index is 2270. The number of pyridine rings is 2. The number of hydrogen-bond donors (Lipinski definition) is 2. The second-order valence-electron chi connectivity index (χ2n) is 14.2. The topological polar surface area (TPSA) is 174 Å². The Morgan fingerprint density at radius 1 is 0.966 bits per heavy atom. The monoisotopic (exact) mass is 795 g/mol. The van der Waals surface area contributed by atoms with Gasteiger partial charge in [-0.1, -0.05) is 12.6 Å². The molecule has 0 bridgehead atoms. The Labute approximate surface area is 336 Å². The number of methoxy groups -OCH3 is 2. The summed E-state index contributed by atoms with van der Waals surface area (Å²) in [5, 5.41) is 7.10. The third kappa shape index (κ3) is 8.88. The van der Waals surface area contributed by atoms with E-state index in [1.165, 1.54) is 4.57 Å². The lowest BCUT2D eigenvalue weighted by Crippen LogP contribution is -2.51. The quantitative estimate of drug-likeness (QED) is 0.112. The van der Waals surface area contributed by atoms with Crippen molar-refractivity contribution in [2.75, 3.05) is 79.7 Å². The van der Waals surface area contributed by atoms with E-state index in [2.05, 4.69) is 22.2 Å². The number of piperidine rings is 1. The van der Waals surface area contributed by atoms with Crippen LogP contribution in [-0.4, -0.2) is 128 Å². The summed E-state index contributed by atoms with van der Waals surface area (Å²) in [7, 11) is 8.45. The number of rotatable bonds is 18. The summed E-state index contributed by atoms with van der Waals surface area (Å²) >= 11 is 0. The highest BCUT2D eigenvalue weighted by molar-refractivity contribution is 6.25. The third-order valence-corrected chi connectivity index (χ3v) is 10.2. The molecule has 58 heavy (non-hydrogen) atoms. The van der Waals surface area contributed by atoms with Crippen LogP contribution in [0.4, 0.5) is 5.69 Å². The van der Waals surface area contributed by atoms with Gasteiger partial charge in [0.1, 0.15) is 17.5 Å². The van der Waals surface area contributed by atoms with Crippen LogP contribution >= 0.6 is 0 Å². The Balaban J connectivity index is 0.920. The van der Waals surface area contributed by atoms with Crippen molar-refractivity contribution in [2.24, 2.45) is 7.05 Å². The molecule has 0 radical (unpaired) electrons. The maximum absolute atomic E-state index is 13.3. The highest BCUT2D eigenvalue weighted by Gasteiger charge is 2.45. The summed E-state index contributed by atoms with van der Waals surface area (Å²) in [6.45, 7) is 6.33. The first-order valence-electron chi connectivity index (χ1n) is 18.9. The number of carbonyl (C=O) groups excluding carboxylic acids is 4. The molecule has 1 saturated heterocycles. The number of ether oxygens (including phenoxy) is 4. The zero-order valence-corrected chi connectivity index (χ0v) is 33.5. The van der Waals surface area contributed by atoms with Crippen LogP contribution in [0.25, 0.3) is 21.9 Å². The molecular formula is C42H49N7O9. The van der Waals surface area contributed by atoms with Gasteiger partial charge in [0.15, 0.2) is 0 Å². The largest absolute Gasteiger partial charge is 0.496 e. The molecule has 2 aliphatic heterocycles. The second-order valence-corrected chi connectivity index (χ2v) is 14.2. The molecule has 6 rings (SSSR count). The van der Waals surface area contributed by atoms with Crippen molar-refractivity contribution < 1.29 is 38.1 Å². The number of likely N-dealkylation sites (N-methyl/N-ethyl adjacent to an activating group) is 2. The Hall–Kier alpha value is -6.10. The van der Waals surface area contributed by atoms with Crippen LogP contribution in [-0.2, 0) is 32.7 Å². The molecule has 1 fully saturated rings. The molecule has 16 heteroatoms. The molecule has 1 unspecified atom stereocenters. The number of aryl methyl sites for hydroxylation is 1. The molecule has 0 spiro atoms. The Kier molecular flexibility index (Phi) is 13.2. The van der Waals surface area contributed by atoms with Gasteiger partial charge in [0.05, 0.1) is 69.3 Å². The van der Waals surface area contributed by atoms with Crippen LogP contribution in [0.1, 0.15) is 39.1 Å². The first kappa shape index (κ1) is 41.5. The van der Waals surface area contributed by atoms with Crippen LogP contribution in [0.15, 0.2) is 72.1 Å². The van der Waals surface area contributed by atoms with Gasteiger partial charge in [0.2, 0.25) is 11.8 Å². The second kappa shape index (κ2) is 18.4. The van der Waals surface area contributed by atoms with E-state index >= 15 is 0 Å². The summed E-state index contributed by atoms with van der Waals surface area (Å²) in [5.74, 6) is -0.308. The van der Waals surface area contributed by atoms with Crippen LogP contribution in [0, 0.1) is 0 Å². The summed E-state index contributed by atoms with van der Waals surface area (Å²) in [5.41, 5.74) is 3.86. The number of nitrogens with one attached hydrogen (secondary N) is 2. The number of nitrogens with zero attached hydrogens (tertiary/aromatic N) is 5. The Morgan fingerprint density at radius 3 is 2.40 bits per heavy atom. The molecule has 2 aromatic carbocycles. The first-order valence-corrected chi connectivity index (χ1v) is 18.9. The van der Waals surface area contributed by atoms with Crippen LogP contribution in [0.2, 0.25) is 0 Å². The van der Waals surface area contributed by atoms with Crippen molar-refractivity contribution in [2.45, 2.75) is 25.4 Å². The fraction of sp³-hybridized carbons (Fsp3) is 0.381.